The van der Waals surface area contributed by atoms with Crippen molar-refractivity contribution < 1.29 is 13.2 Å². The summed E-state index contributed by atoms with van der Waals surface area (Å²) in [5.41, 5.74) is 0.574. The van der Waals surface area contributed by atoms with Gasteiger partial charge in [0, 0.05) is 11.9 Å². The van der Waals surface area contributed by atoms with Gasteiger partial charge in [-0.2, -0.15) is 0 Å². The Balaban J connectivity index is 2.05. The van der Waals surface area contributed by atoms with Gasteiger partial charge < -0.3 is 5.32 Å². The van der Waals surface area contributed by atoms with E-state index in [9.17, 15) is 13.2 Å². The van der Waals surface area contributed by atoms with Crippen LogP contribution < -0.4 is 9.62 Å². The Bertz CT molecular complexity index is 869. The first kappa shape index (κ1) is 15.8. The summed E-state index contributed by atoms with van der Waals surface area (Å²) in [5, 5.41) is 4.37. The molecular formula is C17H20N2O3S. The second-order valence-corrected chi connectivity index (χ2v) is 8.03. The number of rotatable bonds is 4. The largest absolute Gasteiger partial charge is 0.354 e. The van der Waals surface area contributed by atoms with Gasteiger partial charge in [-0.3, -0.25) is 9.10 Å². The van der Waals surface area contributed by atoms with Gasteiger partial charge in [0.2, 0.25) is 5.91 Å². The fraction of sp³-hybridized carbons (Fsp3) is 0.353. The number of nitrogens with one attached hydrogen (secondary N) is 1. The zero-order chi connectivity index (χ0) is 16.8. The Morgan fingerprint density at radius 2 is 1.78 bits per heavy atom. The van der Waals surface area contributed by atoms with Crippen molar-refractivity contribution in [2.24, 2.45) is 5.92 Å². The van der Waals surface area contributed by atoms with Gasteiger partial charge in [-0.1, -0.05) is 38.1 Å². The van der Waals surface area contributed by atoms with Crippen LogP contribution >= 0.6 is 0 Å². The molecule has 0 bridgehead atoms. The minimum atomic E-state index is -3.71. The predicted octanol–water partition coefficient (Wildman–Crippen LogP) is 2.51. The quantitative estimate of drug-likeness (QED) is 0.935. The van der Waals surface area contributed by atoms with E-state index in [-0.39, 0.29) is 10.8 Å². The standard InChI is InChI=1S/C17H20N2O3S/c1-11(2)10-18-17(20)12(3)19-14-8-4-6-13-7-5-9-15(16(13)14)23(19,21)22/h4-9,11-12H,10H2,1-3H3,(H,18,20)/t12-/m1/s1. The highest BCUT2D eigenvalue weighted by molar-refractivity contribution is 7.93. The van der Waals surface area contributed by atoms with Gasteiger partial charge in [0.1, 0.15) is 6.04 Å². The van der Waals surface area contributed by atoms with Crippen molar-refractivity contribution in [3.05, 3.63) is 36.4 Å². The lowest BCUT2D eigenvalue weighted by Gasteiger charge is -2.25. The highest BCUT2D eigenvalue weighted by Crippen LogP contribution is 2.43. The van der Waals surface area contributed by atoms with Crippen molar-refractivity contribution in [3.63, 3.8) is 0 Å². The molecule has 0 aliphatic carbocycles. The van der Waals surface area contributed by atoms with Gasteiger partial charge in [-0.05, 0) is 30.4 Å². The van der Waals surface area contributed by atoms with Crippen LogP contribution in [0.4, 0.5) is 5.69 Å². The molecule has 122 valence electrons. The molecule has 23 heavy (non-hydrogen) atoms. The van der Waals surface area contributed by atoms with E-state index >= 15 is 0 Å². The number of anilines is 1. The summed E-state index contributed by atoms with van der Waals surface area (Å²) in [7, 11) is -3.71. The second-order valence-electron chi connectivity index (χ2n) is 6.25. The normalized spacial score (nSPS) is 16.8. The summed E-state index contributed by atoms with van der Waals surface area (Å²) < 4.78 is 27.0. The number of benzene rings is 2. The molecule has 0 fully saturated rings. The fourth-order valence-electron chi connectivity index (χ4n) is 2.90. The molecule has 1 aliphatic rings. The zero-order valence-electron chi connectivity index (χ0n) is 13.4. The molecule has 0 saturated heterocycles. The summed E-state index contributed by atoms with van der Waals surface area (Å²) in [6, 6.07) is 9.86. The minimum Gasteiger partial charge on any atom is -0.354 e. The van der Waals surface area contributed by atoms with Crippen LogP contribution in [-0.2, 0) is 14.8 Å². The molecular weight excluding hydrogens is 312 g/mol. The van der Waals surface area contributed by atoms with Crippen LogP contribution in [0.25, 0.3) is 10.8 Å². The van der Waals surface area contributed by atoms with E-state index < -0.39 is 16.1 Å². The van der Waals surface area contributed by atoms with Gasteiger partial charge >= 0.3 is 0 Å². The molecule has 0 saturated carbocycles. The Kier molecular flexibility index (Phi) is 3.80. The second kappa shape index (κ2) is 5.53. The maximum atomic E-state index is 12.9. The average molecular weight is 332 g/mol. The summed E-state index contributed by atoms with van der Waals surface area (Å²) in [4.78, 5) is 12.6. The number of nitrogens with zero attached hydrogens (tertiary/aromatic N) is 1. The molecule has 1 N–H and O–H groups in total. The Labute approximate surface area is 136 Å². The van der Waals surface area contributed by atoms with E-state index in [2.05, 4.69) is 5.32 Å². The van der Waals surface area contributed by atoms with Crippen molar-refractivity contribution in [2.45, 2.75) is 31.7 Å². The smallest absolute Gasteiger partial charge is 0.265 e. The number of carbonyl (C=O) groups is 1. The molecule has 1 amide bonds. The summed E-state index contributed by atoms with van der Waals surface area (Å²) in [6.45, 7) is 6.13. The topological polar surface area (TPSA) is 66.5 Å². The number of hydrogen-bond acceptors (Lipinski definition) is 3. The molecule has 1 aliphatic heterocycles. The third-order valence-corrected chi connectivity index (χ3v) is 5.96. The molecule has 3 rings (SSSR count). The van der Waals surface area contributed by atoms with Crippen LogP contribution in [-0.4, -0.2) is 26.9 Å². The Hall–Kier alpha value is -2.08. The molecule has 2 aromatic rings. The maximum absolute atomic E-state index is 12.9. The molecule has 0 unspecified atom stereocenters. The van der Waals surface area contributed by atoms with Gasteiger partial charge in [-0.25, -0.2) is 8.42 Å². The molecule has 0 aromatic heterocycles. The molecule has 0 spiro atoms. The highest BCUT2D eigenvalue weighted by Gasteiger charge is 2.40. The van der Waals surface area contributed by atoms with Crippen LogP contribution in [0.3, 0.4) is 0 Å². The maximum Gasteiger partial charge on any atom is 0.265 e. The highest BCUT2D eigenvalue weighted by atomic mass is 32.2. The van der Waals surface area contributed by atoms with Crippen LogP contribution in [0.15, 0.2) is 41.3 Å². The van der Waals surface area contributed by atoms with Crippen molar-refractivity contribution in [3.8, 4) is 0 Å². The van der Waals surface area contributed by atoms with E-state index in [1.54, 1.807) is 25.1 Å². The molecule has 0 radical (unpaired) electrons. The number of sulfonamides is 1. The lowest BCUT2D eigenvalue weighted by atomic mass is 10.1. The molecule has 1 heterocycles. The average Bonchev–Trinajstić information content (AvgIpc) is 2.74. The zero-order valence-corrected chi connectivity index (χ0v) is 14.2. The number of amides is 1. The third-order valence-electron chi connectivity index (χ3n) is 4.03. The van der Waals surface area contributed by atoms with E-state index in [1.807, 2.05) is 32.0 Å². The molecule has 2 aromatic carbocycles. The van der Waals surface area contributed by atoms with Crippen molar-refractivity contribution in [2.75, 3.05) is 10.8 Å². The first-order chi connectivity index (χ1) is 10.8. The molecule has 6 heteroatoms. The number of carbonyl (C=O) groups excluding carboxylic acids is 1. The van der Waals surface area contributed by atoms with E-state index in [0.717, 1.165) is 5.39 Å². The lowest BCUT2D eigenvalue weighted by molar-refractivity contribution is -0.121. The van der Waals surface area contributed by atoms with Gasteiger partial charge in [0.25, 0.3) is 10.0 Å². The van der Waals surface area contributed by atoms with E-state index in [1.165, 1.54) is 4.31 Å². The van der Waals surface area contributed by atoms with Crippen molar-refractivity contribution in [1.82, 2.24) is 5.32 Å². The Morgan fingerprint density at radius 1 is 1.13 bits per heavy atom. The summed E-state index contributed by atoms with van der Waals surface area (Å²) in [5.74, 6) is 0.0223. The Morgan fingerprint density at radius 3 is 2.43 bits per heavy atom. The van der Waals surface area contributed by atoms with E-state index in [4.69, 9.17) is 0 Å². The lowest BCUT2D eigenvalue weighted by Crippen LogP contribution is -2.47. The first-order valence-electron chi connectivity index (χ1n) is 7.68. The van der Waals surface area contributed by atoms with Crippen molar-refractivity contribution >= 4 is 32.4 Å². The van der Waals surface area contributed by atoms with E-state index in [0.29, 0.717) is 23.5 Å². The molecule has 5 nitrogen and oxygen atoms in total. The van der Waals surface area contributed by atoms with Crippen LogP contribution in [0.1, 0.15) is 20.8 Å². The first-order valence-corrected chi connectivity index (χ1v) is 9.12. The summed E-state index contributed by atoms with van der Waals surface area (Å²) in [6.07, 6.45) is 0. The third kappa shape index (κ3) is 2.47. The minimum absolute atomic E-state index is 0.272. The van der Waals surface area contributed by atoms with Crippen LogP contribution in [0.5, 0.6) is 0 Å². The van der Waals surface area contributed by atoms with Crippen molar-refractivity contribution in [1.29, 1.82) is 0 Å². The van der Waals surface area contributed by atoms with Crippen LogP contribution in [0.2, 0.25) is 0 Å². The van der Waals surface area contributed by atoms with Gasteiger partial charge in [0.15, 0.2) is 0 Å². The monoisotopic (exact) mass is 332 g/mol. The fourth-order valence-corrected chi connectivity index (χ4v) is 4.76. The van der Waals surface area contributed by atoms with Gasteiger partial charge in [0.05, 0.1) is 10.6 Å². The molecule has 1 atom stereocenters. The van der Waals surface area contributed by atoms with Crippen LogP contribution in [0, 0.1) is 5.92 Å². The number of hydrogen-bond donors (Lipinski definition) is 1. The predicted molar refractivity (Wildman–Crippen MR) is 90.9 cm³/mol. The van der Waals surface area contributed by atoms with Gasteiger partial charge in [-0.15, -0.1) is 0 Å². The summed E-state index contributed by atoms with van der Waals surface area (Å²) >= 11 is 0. The SMILES string of the molecule is CC(C)CNC(=O)[C@@H](C)N1c2cccc3cccc(c23)S1(=O)=O.